The maximum Gasteiger partial charge on any atom is 0.347 e. The van der Waals surface area contributed by atoms with Gasteiger partial charge in [0.05, 0.1) is 11.0 Å². The Balaban J connectivity index is 2.34. The molecule has 0 atom stereocenters. The van der Waals surface area contributed by atoms with Gasteiger partial charge < -0.3 is 0 Å². The highest BCUT2D eigenvalue weighted by Crippen LogP contribution is 2.17. The average molecular weight is 297 g/mol. The SMILES string of the molecule is Cc1cnc(=O)n(Cc2ccc(F)c(Br)c2)c1. The Bertz CT molecular complexity index is 610. The lowest BCUT2D eigenvalue weighted by Crippen LogP contribution is -2.22. The molecule has 0 unspecified atom stereocenters. The van der Waals surface area contributed by atoms with Gasteiger partial charge in [0.15, 0.2) is 0 Å². The minimum atomic E-state index is -0.316. The summed E-state index contributed by atoms with van der Waals surface area (Å²) in [6.07, 6.45) is 3.26. The van der Waals surface area contributed by atoms with Gasteiger partial charge in [-0.05, 0) is 46.1 Å². The highest BCUT2D eigenvalue weighted by atomic mass is 79.9. The molecule has 0 bridgehead atoms. The molecule has 5 heteroatoms. The number of halogens is 2. The van der Waals surface area contributed by atoms with Crippen LogP contribution >= 0.6 is 15.9 Å². The van der Waals surface area contributed by atoms with Crippen LogP contribution in [-0.2, 0) is 6.54 Å². The lowest BCUT2D eigenvalue weighted by atomic mass is 10.2. The van der Waals surface area contributed by atoms with E-state index in [-0.39, 0.29) is 11.5 Å². The van der Waals surface area contributed by atoms with Crippen LogP contribution in [0.1, 0.15) is 11.1 Å². The molecule has 2 rings (SSSR count). The number of benzene rings is 1. The first-order valence-corrected chi connectivity index (χ1v) is 5.82. The van der Waals surface area contributed by atoms with Crippen molar-refractivity contribution in [2.24, 2.45) is 0 Å². The maximum absolute atomic E-state index is 13.1. The molecule has 0 fully saturated rings. The second-order valence-corrected chi connectivity index (χ2v) is 4.64. The molecule has 0 aliphatic rings. The number of hydrogen-bond donors (Lipinski definition) is 0. The quantitative estimate of drug-likeness (QED) is 0.853. The molecule has 88 valence electrons. The monoisotopic (exact) mass is 296 g/mol. The summed E-state index contributed by atoms with van der Waals surface area (Å²) in [5, 5.41) is 0. The van der Waals surface area contributed by atoms with Crippen LogP contribution in [0.25, 0.3) is 0 Å². The van der Waals surface area contributed by atoms with Gasteiger partial charge in [-0.1, -0.05) is 6.07 Å². The van der Waals surface area contributed by atoms with Crippen molar-refractivity contribution in [3.8, 4) is 0 Å². The lowest BCUT2D eigenvalue weighted by Gasteiger charge is -2.06. The van der Waals surface area contributed by atoms with Crippen molar-refractivity contribution in [3.05, 3.63) is 62.5 Å². The summed E-state index contributed by atoms with van der Waals surface area (Å²) < 4.78 is 14.9. The summed E-state index contributed by atoms with van der Waals surface area (Å²) in [7, 11) is 0. The molecule has 1 heterocycles. The van der Waals surface area contributed by atoms with E-state index >= 15 is 0 Å². The molecule has 0 aliphatic carbocycles. The number of hydrogen-bond acceptors (Lipinski definition) is 2. The first-order chi connectivity index (χ1) is 8.06. The number of aromatic nitrogens is 2. The largest absolute Gasteiger partial charge is 0.347 e. The van der Waals surface area contributed by atoms with Crippen LogP contribution < -0.4 is 5.69 Å². The third-order valence-corrected chi connectivity index (χ3v) is 2.93. The number of rotatable bonds is 2. The Kier molecular flexibility index (Phi) is 3.38. The van der Waals surface area contributed by atoms with Crippen LogP contribution in [0.2, 0.25) is 0 Å². The summed E-state index contributed by atoms with van der Waals surface area (Å²) in [5.41, 5.74) is 1.44. The Morgan fingerprint density at radius 3 is 2.94 bits per heavy atom. The van der Waals surface area contributed by atoms with E-state index in [9.17, 15) is 9.18 Å². The van der Waals surface area contributed by atoms with E-state index in [0.717, 1.165) is 11.1 Å². The predicted octanol–water partition coefficient (Wildman–Crippen LogP) is 2.50. The van der Waals surface area contributed by atoms with Gasteiger partial charge in [-0.25, -0.2) is 14.2 Å². The van der Waals surface area contributed by atoms with Crippen LogP contribution in [-0.4, -0.2) is 9.55 Å². The maximum atomic E-state index is 13.1. The molecule has 0 N–H and O–H groups in total. The predicted molar refractivity (Wildman–Crippen MR) is 66.4 cm³/mol. The molecule has 0 amide bonds. The molecular formula is C12H10BrFN2O. The second kappa shape index (κ2) is 4.79. The van der Waals surface area contributed by atoms with E-state index in [1.54, 1.807) is 18.3 Å². The normalized spacial score (nSPS) is 10.5. The van der Waals surface area contributed by atoms with Gasteiger partial charge in [0, 0.05) is 12.4 Å². The Labute approximate surface area is 106 Å². The highest BCUT2D eigenvalue weighted by Gasteiger charge is 2.03. The average Bonchev–Trinajstić information content (AvgIpc) is 2.29. The fraction of sp³-hybridized carbons (Fsp3) is 0.167. The summed E-state index contributed by atoms with van der Waals surface area (Å²) in [4.78, 5) is 15.2. The molecule has 3 nitrogen and oxygen atoms in total. The molecule has 0 saturated carbocycles. The molecule has 0 spiro atoms. The van der Waals surface area contributed by atoms with Crippen molar-refractivity contribution >= 4 is 15.9 Å². The molecule has 2 aromatic rings. The van der Waals surface area contributed by atoms with E-state index in [4.69, 9.17) is 0 Å². The second-order valence-electron chi connectivity index (χ2n) is 3.79. The van der Waals surface area contributed by atoms with Crippen LogP contribution in [0.4, 0.5) is 4.39 Å². The molecule has 1 aromatic heterocycles. The Hall–Kier alpha value is -1.49. The molecule has 17 heavy (non-hydrogen) atoms. The number of aryl methyl sites for hydroxylation is 1. The molecule has 0 radical (unpaired) electrons. The Morgan fingerprint density at radius 2 is 2.24 bits per heavy atom. The van der Waals surface area contributed by atoms with Crippen LogP contribution in [0, 0.1) is 12.7 Å². The van der Waals surface area contributed by atoms with Crippen LogP contribution in [0.3, 0.4) is 0 Å². The zero-order chi connectivity index (χ0) is 12.4. The summed E-state index contributed by atoms with van der Waals surface area (Å²) in [5.74, 6) is -0.316. The molecule has 0 saturated heterocycles. The first kappa shape index (κ1) is 12.0. The summed E-state index contributed by atoms with van der Waals surface area (Å²) in [6, 6.07) is 4.67. The van der Waals surface area contributed by atoms with E-state index in [1.165, 1.54) is 16.8 Å². The van der Waals surface area contributed by atoms with Crippen molar-refractivity contribution in [3.63, 3.8) is 0 Å². The standard InChI is InChI=1S/C12H10BrFN2O/c1-8-5-15-12(17)16(6-8)7-9-2-3-11(14)10(13)4-9/h2-6H,7H2,1H3. The van der Waals surface area contributed by atoms with Crippen molar-refractivity contribution in [1.29, 1.82) is 0 Å². The van der Waals surface area contributed by atoms with Gasteiger partial charge in [-0.2, -0.15) is 0 Å². The van der Waals surface area contributed by atoms with Gasteiger partial charge in [0.25, 0.3) is 0 Å². The molecule has 1 aromatic carbocycles. The van der Waals surface area contributed by atoms with Crippen molar-refractivity contribution in [1.82, 2.24) is 9.55 Å². The highest BCUT2D eigenvalue weighted by molar-refractivity contribution is 9.10. The van der Waals surface area contributed by atoms with Gasteiger partial charge >= 0.3 is 5.69 Å². The molecule has 0 aliphatic heterocycles. The fourth-order valence-corrected chi connectivity index (χ4v) is 1.94. The van der Waals surface area contributed by atoms with Crippen molar-refractivity contribution in [2.45, 2.75) is 13.5 Å². The zero-order valence-corrected chi connectivity index (χ0v) is 10.7. The van der Waals surface area contributed by atoms with Gasteiger partial charge in [0.2, 0.25) is 0 Å². The van der Waals surface area contributed by atoms with E-state index < -0.39 is 0 Å². The topological polar surface area (TPSA) is 34.9 Å². The molecular weight excluding hydrogens is 287 g/mol. The van der Waals surface area contributed by atoms with Crippen LogP contribution in [0.5, 0.6) is 0 Å². The number of nitrogens with zero attached hydrogens (tertiary/aromatic N) is 2. The van der Waals surface area contributed by atoms with Crippen molar-refractivity contribution in [2.75, 3.05) is 0 Å². The van der Waals surface area contributed by atoms with Gasteiger partial charge in [-0.3, -0.25) is 4.57 Å². The lowest BCUT2D eigenvalue weighted by molar-refractivity contribution is 0.618. The Morgan fingerprint density at radius 1 is 1.47 bits per heavy atom. The minimum absolute atomic E-state index is 0.309. The third kappa shape index (κ3) is 2.79. The van der Waals surface area contributed by atoms with Gasteiger partial charge in [-0.15, -0.1) is 0 Å². The summed E-state index contributed by atoms with van der Waals surface area (Å²) in [6.45, 7) is 2.25. The minimum Gasteiger partial charge on any atom is -0.294 e. The van der Waals surface area contributed by atoms with E-state index in [1.807, 2.05) is 6.92 Å². The van der Waals surface area contributed by atoms with Crippen molar-refractivity contribution < 1.29 is 4.39 Å². The smallest absolute Gasteiger partial charge is 0.294 e. The summed E-state index contributed by atoms with van der Waals surface area (Å²) >= 11 is 3.11. The van der Waals surface area contributed by atoms with E-state index in [0.29, 0.717) is 11.0 Å². The first-order valence-electron chi connectivity index (χ1n) is 5.03. The third-order valence-electron chi connectivity index (χ3n) is 2.32. The van der Waals surface area contributed by atoms with Gasteiger partial charge in [0.1, 0.15) is 5.82 Å². The zero-order valence-electron chi connectivity index (χ0n) is 9.15. The fourth-order valence-electron chi connectivity index (χ4n) is 1.51. The van der Waals surface area contributed by atoms with Crippen LogP contribution in [0.15, 0.2) is 39.9 Å². The van der Waals surface area contributed by atoms with E-state index in [2.05, 4.69) is 20.9 Å².